The molecule has 1 N–H and O–H groups in total. The number of aryl methyl sites for hydroxylation is 1. The average Bonchev–Trinajstić information content (AvgIpc) is 3.01. The monoisotopic (exact) mass is 285 g/mol. The Morgan fingerprint density at radius 3 is 3.00 bits per heavy atom. The van der Waals surface area contributed by atoms with Gasteiger partial charge in [-0.3, -0.25) is 0 Å². The second-order valence-corrected chi connectivity index (χ2v) is 6.29. The Morgan fingerprint density at radius 2 is 2.24 bits per heavy atom. The maximum atomic E-state index is 5.27. The molecule has 0 bridgehead atoms. The van der Waals surface area contributed by atoms with Crippen LogP contribution < -0.4 is 5.32 Å². The summed E-state index contributed by atoms with van der Waals surface area (Å²) in [6.07, 6.45) is 6.82. The molecule has 1 fully saturated rings. The van der Waals surface area contributed by atoms with Gasteiger partial charge in [-0.25, -0.2) is 0 Å². The zero-order valence-electron chi connectivity index (χ0n) is 12.8. The predicted octanol–water partition coefficient (Wildman–Crippen LogP) is 4.28. The zero-order chi connectivity index (χ0) is 14.7. The number of anilines is 1. The van der Waals surface area contributed by atoms with Gasteiger partial charge in [0, 0.05) is 17.8 Å². The maximum Gasteiger partial charge on any atom is 0.247 e. The third-order valence-electron chi connectivity index (χ3n) is 4.47. The number of nitrogens with zero attached hydrogens (tertiary/aromatic N) is 2. The van der Waals surface area contributed by atoms with Gasteiger partial charge in [0.05, 0.1) is 0 Å². The Kier molecular flexibility index (Phi) is 4.23. The van der Waals surface area contributed by atoms with Crippen molar-refractivity contribution < 1.29 is 4.42 Å². The van der Waals surface area contributed by atoms with Crippen molar-refractivity contribution in [2.24, 2.45) is 11.8 Å². The fourth-order valence-electron chi connectivity index (χ4n) is 3.24. The lowest BCUT2D eigenvalue weighted by Crippen LogP contribution is -2.21. The van der Waals surface area contributed by atoms with E-state index in [9.17, 15) is 0 Å². The molecule has 0 spiro atoms. The molecule has 2 atom stereocenters. The van der Waals surface area contributed by atoms with Crippen LogP contribution in [0.25, 0.3) is 11.5 Å². The molecule has 21 heavy (non-hydrogen) atoms. The SMILES string of the molecule is Cc1ccc(-c2nnco2)cc1NCC1CCCC(C)C1. The summed E-state index contributed by atoms with van der Waals surface area (Å²) >= 11 is 0. The number of aromatic nitrogens is 2. The Hall–Kier alpha value is -1.84. The molecule has 1 aromatic heterocycles. The van der Waals surface area contributed by atoms with Crippen LogP contribution in [0.5, 0.6) is 0 Å². The van der Waals surface area contributed by atoms with Gasteiger partial charge in [0.1, 0.15) is 0 Å². The molecule has 0 amide bonds. The highest BCUT2D eigenvalue weighted by molar-refractivity contribution is 5.64. The van der Waals surface area contributed by atoms with E-state index in [1.54, 1.807) is 0 Å². The van der Waals surface area contributed by atoms with E-state index >= 15 is 0 Å². The summed E-state index contributed by atoms with van der Waals surface area (Å²) in [7, 11) is 0. The molecule has 1 aliphatic carbocycles. The lowest BCUT2D eigenvalue weighted by atomic mass is 9.82. The highest BCUT2D eigenvalue weighted by atomic mass is 16.4. The minimum atomic E-state index is 0.573. The van der Waals surface area contributed by atoms with E-state index in [-0.39, 0.29) is 0 Å². The number of hydrogen-bond donors (Lipinski definition) is 1. The van der Waals surface area contributed by atoms with E-state index < -0.39 is 0 Å². The first-order valence-corrected chi connectivity index (χ1v) is 7.83. The molecule has 0 aliphatic heterocycles. The van der Waals surface area contributed by atoms with Gasteiger partial charge in [-0.1, -0.05) is 25.8 Å². The molecule has 1 aromatic carbocycles. The predicted molar refractivity (Wildman–Crippen MR) is 84.1 cm³/mol. The van der Waals surface area contributed by atoms with E-state index in [1.807, 2.05) is 6.07 Å². The van der Waals surface area contributed by atoms with Crippen molar-refractivity contribution in [1.29, 1.82) is 0 Å². The molecule has 0 saturated heterocycles. The molecular weight excluding hydrogens is 262 g/mol. The van der Waals surface area contributed by atoms with Crippen molar-refractivity contribution in [3.05, 3.63) is 30.2 Å². The molecular formula is C17H23N3O. The lowest BCUT2D eigenvalue weighted by molar-refractivity contribution is 0.293. The topological polar surface area (TPSA) is 51.0 Å². The smallest absolute Gasteiger partial charge is 0.247 e. The number of rotatable bonds is 4. The van der Waals surface area contributed by atoms with Crippen molar-refractivity contribution in [2.75, 3.05) is 11.9 Å². The number of nitrogens with one attached hydrogen (secondary N) is 1. The van der Waals surface area contributed by atoms with Gasteiger partial charge in [-0.15, -0.1) is 10.2 Å². The van der Waals surface area contributed by atoms with Crippen LogP contribution in [0.4, 0.5) is 5.69 Å². The third-order valence-corrected chi connectivity index (χ3v) is 4.47. The Balaban J connectivity index is 1.68. The highest BCUT2D eigenvalue weighted by Gasteiger charge is 2.18. The molecule has 112 valence electrons. The number of benzene rings is 1. The van der Waals surface area contributed by atoms with Crippen LogP contribution in [0.3, 0.4) is 0 Å². The minimum Gasteiger partial charge on any atom is -0.423 e. The molecule has 1 heterocycles. The summed E-state index contributed by atoms with van der Waals surface area (Å²) in [4.78, 5) is 0. The summed E-state index contributed by atoms with van der Waals surface area (Å²) < 4.78 is 5.27. The average molecular weight is 285 g/mol. The van der Waals surface area contributed by atoms with Crippen LogP contribution in [0.2, 0.25) is 0 Å². The molecule has 0 radical (unpaired) electrons. The van der Waals surface area contributed by atoms with Gasteiger partial charge < -0.3 is 9.73 Å². The second-order valence-electron chi connectivity index (χ2n) is 6.29. The Bertz CT molecular complexity index is 580. The second kappa shape index (κ2) is 6.29. The Labute approximate surface area is 126 Å². The molecule has 1 saturated carbocycles. The van der Waals surface area contributed by atoms with Crippen molar-refractivity contribution in [3.8, 4) is 11.5 Å². The van der Waals surface area contributed by atoms with Crippen molar-refractivity contribution in [1.82, 2.24) is 10.2 Å². The zero-order valence-corrected chi connectivity index (χ0v) is 12.8. The molecule has 4 heteroatoms. The number of hydrogen-bond acceptors (Lipinski definition) is 4. The first-order chi connectivity index (χ1) is 10.2. The largest absolute Gasteiger partial charge is 0.423 e. The highest BCUT2D eigenvalue weighted by Crippen LogP contribution is 2.30. The fraction of sp³-hybridized carbons (Fsp3) is 0.529. The van der Waals surface area contributed by atoms with E-state index in [4.69, 9.17) is 4.42 Å². The van der Waals surface area contributed by atoms with Gasteiger partial charge >= 0.3 is 0 Å². The van der Waals surface area contributed by atoms with Gasteiger partial charge in [0.15, 0.2) is 0 Å². The van der Waals surface area contributed by atoms with Gasteiger partial charge in [-0.2, -0.15) is 0 Å². The van der Waals surface area contributed by atoms with E-state index in [2.05, 4.69) is 41.5 Å². The summed E-state index contributed by atoms with van der Waals surface area (Å²) in [6.45, 7) is 5.55. The van der Waals surface area contributed by atoms with Crippen LogP contribution in [0.15, 0.2) is 29.0 Å². The quantitative estimate of drug-likeness (QED) is 0.910. The fourth-order valence-corrected chi connectivity index (χ4v) is 3.24. The third kappa shape index (κ3) is 3.43. The van der Waals surface area contributed by atoms with Crippen molar-refractivity contribution in [2.45, 2.75) is 39.5 Å². The van der Waals surface area contributed by atoms with Crippen molar-refractivity contribution in [3.63, 3.8) is 0 Å². The standard InChI is InChI=1S/C17H23N3O/c1-12-4-3-5-14(8-12)10-18-16-9-15(7-6-13(16)2)17-20-19-11-21-17/h6-7,9,11-12,14,18H,3-5,8,10H2,1-2H3. The van der Waals surface area contributed by atoms with E-state index in [1.165, 1.54) is 43.3 Å². The van der Waals surface area contributed by atoms with E-state index in [0.717, 1.165) is 23.9 Å². The minimum absolute atomic E-state index is 0.573. The van der Waals surface area contributed by atoms with Crippen LogP contribution in [-0.2, 0) is 0 Å². The maximum absolute atomic E-state index is 5.27. The van der Waals surface area contributed by atoms with Crippen LogP contribution >= 0.6 is 0 Å². The van der Waals surface area contributed by atoms with Gasteiger partial charge in [-0.05, 0) is 49.3 Å². The van der Waals surface area contributed by atoms with Crippen molar-refractivity contribution >= 4 is 5.69 Å². The molecule has 2 unspecified atom stereocenters. The molecule has 4 nitrogen and oxygen atoms in total. The lowest BCUT2D eigenvalue weighted by Gasteiger charge is -2.27. The first kappa shape index (κ1) is 14.1. The van der Waals surface area contributed by atoms with E-state index in [0.29, 0.717) is 5.89 Å². The van der Waals surface area contributed by atoms with Gasteiger partial charge in [0.25, 0.3) is 0 Å². The normalized spacial score (nSPS) is 22.2. The van der Waals surface area contributed by atoms with Crippen LogP contribution in [0.1, 0.15) is 38.2 Å². The summed E-state index contributed by atoms with van der Waals surface area (Å²) in [5.41, 5.74) is 3.39. The van der Waals surface area contributed by atoms with Gasteiger partial charge in [0.2, 0.25) is 12.3 Å². The Morgan fingerprint density at radius 1 is 1.33 bits per heavy atom. The summed E-state index contributed by atoms with van der Waals surface area (Å²) in [5, 5.41) is 11.3. The summed E-state index contributed by atoms with van der Waals surface area (Å²) in [5.74, 6) is 2.24. The van der Waals surface area contributed by atoms with Crippen LogP contribution in [0, 0.1) is 18.8 Å². The summed E-state index contributed by atoms with van der Waals surface area (Å²) in [6, 6.07) is 6.23. The molecule has 3 rings (SSSR count). The van der Waals surface area contributed by atoms with Crippen LogP contribution in [-0.4, -0.2) is 16.7 Å². The molecule has 1 aliphatic rings. The molecule has 2 aromatic rings. The first-order valence-electron chi connectivity index (χ1n) is 7.83.